The highest BCUT2D eigenvalue weighted by Crippen LogP contribution is 2.35. The van der Waals surface area contributed by atoms with Crippen molar-refractivity contribution in [2.75, 3.05) is 18.0 Å². The fraction of sp³-hybridized carbons (Fsp3) is 0.350. The van der Waals surface area contributed by atoms with Crippen LogP contribution in [-0.2, 0) is 21.4 Å². The number of cyclic esters (lactones) is 1. The summed E-state index contributed by atoms with van der Waals surface area (Å²) in [5, 5.41) is 0. The number of nitrogens with zero attached hydrogens (tertiary/aromatic N) is 2. The molecule has 0 N–H and O–H groups in total. The van der Waals surface area contributed by atoms with Crippen LogP contribution in [0.15, 0.2) is 39.7 Å². The molecular formula is C20H19BrF2N2O4S. The zero-order valence-electron chi connectivity index (χ0n) is 16.1. The molecule has 0 aliphatic carbocycles. The minimum atomic E-state index is -4.16. The number of hydrogen-bond donors (Lipinski definition) is 0. The second-order valence-corrected chi connectivity index (χ2v) is 10.1. The molecule has 1 saturated heterocycles. The SMILES string of the molecule is Cc1ccc2c(c1)COC(=O)N2C1CCN(S(=O)(=O)c2c(F)cc(F)cc2Br)CC1. The van der Waals surface area contributed by atoms with Crippen molar-refractivity contribution in [3.8, 4) is 0 Å². The molecule has 0 atom stereocenters. The lowest BCUT2D eigenvalue weighted by atomic mass is 10.0. The number of hydrogen-bond acceptors (Lipinski definition) is 4. The first-order chi connectivity index (χ1) is 14.2. The van der Waals surface area contributed by atoms with Crippen LogP contribution in [0.25, 0.3) is 0 Å². The van der Waals surface area contributed by atoms with Gasteiger partial charge in [0.2, 0.25) is 10.0 Å². The lowest BCUT2D eigenvalue weighted by Crippen LogP contribution is -2.50. The van der Waals surface area contributed by atoms with E-state index in [1.165, 1.54) is 0 Å². The molecule has 2 aliphatic heterocycles. The van der Waals surface area contributed by atoms with Gasteiger partial charge in [-0.3, -0.25) is 4.90 Å². The largest absolute Gasteiger partial charge is 0.444 e. The van der Waals surface area contributed by atoms with Crippen LogP contribution in [0.1, 0.15) is 24.0 Å². The van der Waals surface area contributed by atoms with Gasteiger partial charge in [0.15, 0.2) is 0 Å². The first kappa shape index (κ1) is 21.2. The van der Waals surface area contributed by atoms with Crippen LogP contribution in [0.4, 0.5) is 19.3 Å². The molecule has 30 heavy (non-hydrogen) atoms. The predicted molar refractivity (Wildman–Crippen MR) is 110 cm³/mol. The highest BCUT2D eigenvalue weighted by Gasteiger charge is 2.38. The Bertz CT molecular complexity index is 1090. The third-order valence-electron chi connectivity index (χ3n) is 5.39. The van der Waals surface area contributed by atoms with Gasteiger partial charge in [-0.2, -0.15) is 4.31 Å². The molecule has 0 spiro atoms. The lowest BCUT2D eigenvalue weighted by molar-refractivity contribution is 0.135. The Labute approximate surface area is 181 Å². The van der Waals surface area contributed by atoms with Gasteiger partial charge >= 0.3 is 6.09 Å². The van der Waals surface area contributed by atoms with Crippen LogP contribution in [0.3, 0.4) is 0 Å². The summed E-state index contributed by atoms with van der Waals surface area (Å²) in [7, 11) is -4.16. The number of carbonyl (C=O) groups is 1. The number of carbonyl (C=O) groups excluding carboxylic acids is 1. The Kier molecular flexibility index (Phi) is 5.58. The molecule has 2 aliphatic rings. The van der Waals surface area contributed by atoms with Crippen molar-refractivity contribution < 1.29 is 26.7 Å². The van der Waals surface area contributed by atoms with Crippen molar-refractivity contribution in [2.24, 2.45) is 0 Å². The standard InChI is InChI=1S/C20H19BrF2N2O4S/c1-12-2-3-18-13(8-12)11-29-20(26)25(18)15-4-6-24(7-5-15)30(27,28)19-16(21)9-14(22)10-17(19)23/h2-3,8-10,15H,4-7,11H2,1H3. The number of piperidine rings is 1. The summed E-state index contributed by atoms with van der Waals surface area (Å²) in [6, 6.07) is 6.98. The van der Waals surface area contributed by atoms with E-state index in [9.17, 15) is 22.0 Å². The molecule has 2 aromatic rings. The molecule has 6 nitrogen and oxygen atoms in total. The maximum Gasteiger partial charge on any atom is 0.414 e. The molecule has 0 radical (unpaired) electrons. The Morgan fingerprint density at radius 1 is 1.13 bits per heavy atom. The number of ether oxygens (including phenoxy) is 1. The van der Waals surface area contributed by atoms with E-state index in [0.717, 1.165) is 27.2 Å². The second kappa shape index (κ2) is 7.90. The Balaban J connectivity index is 1.56. The van der Waals surface area contributed by atoms with E-state index in [0.29, 0.717) is 18.9 Å². The minimum Gasteiger partial charge on any atom is -0.444 e. The van der Waals surface area contributed by atoms with Gasteiger partial charge in [-0.05, 0) is 47.8 Å². The quantitative estimate of drug-likeness (QED) is 0.628. The van der Waals surface area contributed by atoms with Gasteiger partial charge in [0.25, 0.3) is 0 Å². The summed E-state index contributed by atoms with van der Waals surface area (Å²) in [6.45, 7) is 2.36. The predicted octanol–water partition coefficient (Wildman–Crippen LogP) is 4.35. The van der Waals surface area contributed by atoms with E-state index < -0.39 is 32.6 Å². The van der Waals surface area contributed by atoms with Gasteiger partial charge in [-0.1, -0.05) is 17.7 Å². The number of sulfonamides is 1. The smallest absolute Gasteiger partial charge is 0.414 e. The van der Waals surface area contributed by atoms with Crippen molar-refractivity contribution in [3.63, 3.8) is 0 Å². The molecule has 160 valence electrons. The molecule has 0 saturated carbocycles. The van der Waals surface area contributed by atoms with Crippen molar-refractivity contribution in [2.45, 2.75) is 37.3 Å². The fourth-order valence-corrected chi connectivity index (χ4v) is 6.55. The summed E-state index contributed by atoms with van der Waals surface area (Å²) in [5.74, 6) is -2.01. The highest BCUT2D eigenvalue weighted by atomic mass is 79.9. The summed E-state index contributed by atoms with van der Waals surface area (Å²) in [5.41, 5.74) is 2.73. The van der Waals surface area contributed by atoms with Crippen molar-refractivity contribution in [3.05, 3.63) is 57.6 Å². The molecule has 0 unspecified atom stereocenters. The zero-order chi connectivity index (χ0) is 21.6. The van der Waals surface area contributed by atoms with Crippen molar-refractivity contribution in [1.82, 2.24) is 4.31 Å². The second-order valence-electron chi connectivity index (χ2n) is 7.39. The first-order valence-corrected chi connectivity index (χ1v) is 11.6. The first-order valence-electron chi connectivity index (χ1n) is 9.38. The molecule has 1 amide bonds. The number of anilines is 1. The van der Waals surface area contributed by atoms with E-state index >= 15 is 0 Å². The summed E-state index contributed by atoms with van der Waals surface area (Å²) in [4.78, 5) is 13.4. The van der Waals surface area contributed by atoms with Gasteiger partial charge in [0, 0.05) is 35.2 Å². The molecule has 0 bridgehead atoms. The van der Waals surface area contributed by atoms with Crippen molar-refractivity contribution >= 4 is 37.7 Å². The van der Waals surface area contributed by atoms with Crippen LogP contribution in [-0.4, -0.2) is 37.9 Å². The summed E-state index contributed by atoms with van der Waals surface area (Å²) < 4.78 is 59.8. The number of benzene rings is 2. The number of amides is 1. The van der Waals surface area contributed by atoms with Crippen LogP contribution in [0, 0.1) is 18.6 Å². The molecule has 1 fully saturated rings. The van der Waals surface area contributed by atoms with E-state index in [1.807, 2.05) is 25.1 Å². The number of aryl methyl sites for hydroxylation is 1. The van der Waals surface area contributed by atoms with E-state index in [-0.39, 0.29) is 30.2 Å². The lowest BCUT2D eigenvalue weighted by Gasteiger charge is -2.39. The van der Waals surface area contributed by atoms with Gasteiger partial charge in [-0.15, -0.1) is 0 Å². The average molecular weight is 501 g/mol. The minimum absolute atomic E-state index is 0.0984. The fourth-order valence-electron chi connectivity index (χ4n) is 3.96. The van der Waals surface area contributed by atoms with Gasteiger partial charge < -0.3 is 4.74 Å². The van der Waals surface area contributed by atoms with Gasteiger partial charge in [-0.25, -0.2) is 22.0 Å². The van der Waals surface area contributed by atoms with Gasteiger partial charge in [0.1, 0.15) is 23.1 Å². The number of fused-ring (bicyclic) bond motifs is 1. The molecule has 0 aromatic heterocycles. The van der Waals surface area contributed by atoms with Crippen molar-refractivity contribution in [1.29, 1.82) is 0 Å². The zero-order valence-corrected chi connectivity index (χ0v) is 18.5. The van der Waals surface area contributed by atoms with Gasteiger partial charge in [0.05, 0.1) is 5.69 Å². The Morgan fingerprint density at radius 2 is 1.83 bits per heavy atom. The van der Waals surface area contributed by atoms with Crippen LogP contribution in [0.5, 0.6) is 0 Å². The normalized spacial score (nSPS) is 18.3. The summed E-state index contributed by atoms with van der Waals surface area (Å²) >= 11 is 2.95. The number of rotatable bonds is 3. The Morgan fingerprint density at radius 3 is 2.50 bits per heavy atom. The molecule has 10 heteroatoms. The molecule has 2 heterocycles. The van der Waals surface area contributed by atoms with Crippen LogP contribution >= 0.6 is 15.9 Å². The third-order valence-corrected chi connectivity index (χ3v) is 8.26. The molecule has 4 rings (SSSR count). The highest BCUT2D eigenvalue weighted by molar-refractivity contribution is 9.10. The maximum absolute atomic E-state index is 14.2. The third kappa shape index (κ3) is 3.72. The Hall–Kier alpha value is -2.04. The topological polar surface area (TPSA) is 66.9 Å². The summed E-state index contributed by atoms with van der Waals surface area (Å²) in [6.07, 6.45) is 0.268. The van der Waals surface area contributed by atoms with E-state index in [2.05, 4.69) is 15.9 Å². The van der Waals surface area contributed by atoms with E-state index in [4.69, 9.17) is 4.74 Å². The number of halogens is 3. The average Bonchev–Trinajstić information content (AvgIpc) is 2.67. The monoisotopic (exact) mass is 500 g/mol. The maximum atomic E-state index is 14.2. The van der Waals surface area contributed by atoms with E-state index in [1.54, 1.807) is 4.90 Å². The van der Waals surface area contributed by atoms with Crippen LogP contribution < -0.4 is 4.90 Å². The molecular weight excluding hydrogens is 482 g/mol. The van der Waals surface area contributed by atoms with Crippen LogP contribution in [0.2, 0.25) is 0 Å². The molecule has 2 aromatic carbocycles.